The van der Waals surface area contributed by atoms with Crippen LogP contribution in [0.1, 0.15) is 6.42 Å². The highest BCUT2D eigenvalue weighted by Crippen LogP contribution is 2.20. The monoisotopic (exact) mass is 248 g/mol. The number of hydrogen-bond acceptors (Lipinski definition) is 4. The molecule has 1 fully saturated rings. The molecule has 0 aromatic carbocycles. The Morgan fingerprint density at radius 2 is 2.38 bits per heavy atom. The van der Waals surface area contributed by atoms with E-state index in [-0.39, 0.29) is 6.03 Å². The van der Waals surface area contributed by atoms with Gasteiger partial charge in [0.1, 0.15) is 6.04 Å². The Morgan fingerprint density at radius 3 is 3.00 bits per heavy atom. The van der Waals surface area contributed by atoms with Gasteiger partial charge in [-0.2, -0.15) is 0 Å². The molecule has 16 heavy (non-hydrogen) atoms. The number of nitrogens with zero attached hydrogens (tertiary/aromatic N) is 1. The molecule has 1 rings (SSSR count). The Hall–Kier alpha value is -0.950. The molecule has 1 aliphatic rings. The summed E-state index contributed by atoms with van der Waals surface area (Å²) in [6.07, 6.45) is 0.723. The minimum Gasteiger partial charge on any atom is -0.480 e. The molecule has 0 radical (unpaired) electrons. The standard InChI is InChI=1S/C9H16N2O4S/c1-15-4-2-3-10-9(14)11-6-16-5-7(11)8(12)13/h7H,2-6H2,1H3,(H,10,14)(H,12,13)/t7-/m0/s1. The van der Waals surface area contributed by atoms with Gasteiger partial charge in [0.15, 0.2) is 0 Å². The van der Waals surface area contributed by atoms with Crippen LogP contribution in [-0.2, 0) is 9.53 Å². The van der Waals surface area contributed by atoms with Crippen molar-refractivity contribution in [2.45, 2.75) is 12.5 Å². The number of carboxylic acids is 1. The van der Waals surface area contributed by atoms with Crippen LogP contribution in [0.2, 0.25) is 0 Å². The number of carbonyl (C=O) groups excluding carboxylic acids is 1. The van der Waals surface area contributed by atoms with Crippen LogP contribution in [0, 0.1) is 0 Å². The van der Waals surface area contributed by atoms with Crippen LogP contribution in [0.25, 0.3) is 0 Å². The number of amides is 2. The zero-order valence-electron chi connectivity index (χ0n) is 9.14. The van der Waals surface area contributed by atoms with Gasteiger partial charge in [-0.3, -0.25) is 0 Å². The third-order valence-corrected chi connectivity index (χ3v) is 3.24. The molecule has 1 aliphatic heterocycles. The van der Waals surface area contributed by atoms with E-state index < -0.39 is 12.0 Å². The van der Waals surface area contributed by atoms with E-state index in [1.165, 1.54) is 16.7 Å². The molecule has 0 aromatic rings. The molecule has 1 saturated heterocycles. The number of carbonyl (C=O) groups is 2. The molecule has 0 unspecified atom stereocenters. The van der Waals surface area contributed by atoms with Crippen LogP contribution in [0.4, 0.5) is 4.79 Å². The second-order valence-electron chi connectivity index (χ2n) is 3.40. The number of hydrogen-bond donors (Lipinski definition) is 2. The zero-order valence-corrected chi connectivity index (χ0v) is 9.96. The number of carboxylic acid groups (broad SMARTS) is 1. The SMILES string of the molecule is COCCCNC(=O)N1CSC[C@H]1C(=O)O. The van der Waals surface area contributed by atoms with Crippen molar-refractivity contribution in [2.24, 2.45) is 0 Å². The maximum Gasteiger partial charge on any atom is 0.327 e. The summed E-state index contributed by atoms with van der Waals surface area (Å²) in [6.45, 7) is 1.08. The lowest BCUT2D eigenvalue weighted by molar-refractivity contribution is -0.140. The molecule has 92 valence electrons. The van der Waals surface area contributed by atoms with Gasteiger partial charge >= 0.3 is 12.0 Å². The summed E-state index contributed by atoms with van der Waals surface area (Å²) in [7, 11) is 1.60. The van der Waals surface area contributed by atoms with Gasteiger partial charge in [-0.05, 0) is 6.42 Å². The van der Waals surface area contributed by atoms with Gasteiger partial charge in [0.2, 0.25) is 0 Å². The predicted octanol–water partition coefficient (Wildman–Crippen LogP) is 0.192. The Kier molecular flexibility index (Phi) is 5.41. The number of ether oxygens (including phenoxy) is 1. The van der Waals surface area contributed by atoms with E-state index in [0.29, 0.717) is 24.8 Å². The highest BCUT2D eigenvalue weighted by molar-refractivity contribution is 7.99. The topological polar surface area (TPSA) is 78.9 Å². The lowest BCUT2D eigenvalue weighted by Gasteiger charge is -2.20. The van der Waals surface area contributed by atoms with Crippen molar-refractivity contribution in [3.8, 4) is 0 Å². The molecule has 1 atom stereocenters. The van der Waals surface area contributed by atoms with E-state index in [4.69, 9.17) is 9.84 Å². The van der Waals surface area contributed by atoms with Crippen molar-refractivity contribution >= 4 is 23.8 Å². The third-order valence-electron chi connectivity index (χ3n) is 2.23. The second kappa shape index (κ2) is 6.59. The Morgan fingerprint density at radius 1 is 1.62 bits per heavy atom. The molecule has 0 saturated carbocycles. The number of urea groups is 1. The molecule has 7 heteroatoms. The number of rotatable bonds is 5. The van der Waals surface area contributed by atoms with E-state index in [1.807, 2.05) is 0 Å². The molecule has 0 aliphatic carbocycles. The maximum absolute atomic E-state index is 11.6. The van der Waals surface area contributed by atoms with Crippen molar-refractivity contribution in [2.75, 3.05) is 31.9 Å². The molecule has 2 amide bonds. The largest absolute Gasteiger partial charge is 0.480 e. The summed E-state index contributed by atoms with van der Waals surface area (Å²) in [4.78, 5) is 23.8. The molecule has 6 nitrogen and oxygen atoms in total. The van der Waals surface area contributed by atoms with Crippen LogP contribution < -0.4 is 5.32 Å². The number of aliphatic carboxylic acids is 1. The fourth-order valence-electron chi connectivity index (χ4n) is 1.36. The summed E-state index contributed by atoms with van der Waals surface area (Å²) in [6, 6.07) is -1.01. The van der Waals surface area contributed by atoms with Crippen LogP contribution in [0.3, 0.4) is 0 Å². The molecule has 1 heterocycles. The van der Waals surface area contributed by atoms with Gasteiger partial charge in [0.05, 0.1) is 5.88 Å². The van der Waals surface area contributed by atoms with Crippen LogP contribution in [0.15, 0.2) is 0 Å². The molecule has 0 bridgehead atoms. The molecular formula is C9H16N2O4S. The minimum absolute atomic E-state index is 0.312. The first kappa shape index (κ1) is 13.1. The summed E-state index contributed by atoms with van der Waals surface area (Å²) >= 11 is 1.45. The second-order valence-corrected chi connectivity index (χ2v) is 4.40. The number of nitrogens with one attached hydrogen (secondary N) is 1. The van der Waals surface area contributed by atoms with Crippen LogP contribution in [0.5, 0.6) is 0 Å². The Balaban J connectivity index is 2.32. The van der Waals surface area contributed by atoms with Crippen molar-refractivity contribution in [1.29, 1.82) is 0 Å². The highest BCUT2D eigenvalue weighted by atomic mass is 32.2. The zero-order chi connectivity index (χ0) is 12.0. The molecule has 0 spiro atoms. The first-order valence-electron chi connectivity index (χ1n) is 5.00. The summed E-state index contributed by atoms with van der Waals surface area (Å²) in [5.41, 5.74) is 0. The fraction of sp³-hybridized carbons (Fsp3) is 0.778. The van der Waals surface area contributed by atoms with Gasteiger partial charge in [0, 0.05) is 26.0 Å². The van der Waals surface area contributed by atoms with E-state index in [2.05, 4.69) is 5.32 Å². The quantitative estimate of drug-likeness (QED) is 0.679. The van der Waals surface area contributed by atoms with Gasteiger partial charge in [-0.25, -0.2) is 9.59 Å². The Labute approximate surface area is 98.3 Å². The van der Waals surface area contributed by atoms with Gasteiger partial charge in [-0.15, -0.1) is 11.8 Å². The lowest BCUT2D eigenvalue weighted by Crippen LogP contribution is -2.47. The van der Waals surface area contributed by atoms with Crippen molar-refractivity contribution in [1.82, 2.24) is 10.2 Å². The smallest absolute Gasteiger partial charge is 0.327 e. The average molecular weight is 248 g/mol. The van der Waals surface area contributed by atoms with Crippen molar-refractivity contribution in [3.05, 3.63) is 0 Å². The van der Waals surface area contributed by atoms with E-state index >= 15 is 0 Å². The van der Waals surface area contributed by atoms with Gasteiger partial charge in [0.25, 0.3) is 0 Å². The summed E-state index contributed by atoms with van der Waals surface area (Å²) in [5.74, 6) is -0.0505. The summed E-state index contributed by atoms with van der Waals surface area (Å²) < 4.78 is 4.85. The van der Waals surface area contributed by atoms with E-state index in [9.17, 15) is 9.59 Å². The van der Waals surface area contributed by atoms with Gasteiger partial charge in [-0.1, -0.05) is 0 Å². The number of thioether (sulfide) groups is 1. The predicted molar refractivity (Wildman–Crippen MR) is 60.5 cm³/mol. The molecule has 2 N–H and O–H groups in total. The number of methoxy groups -OCH3 is 1. The first-order chi connectivity index (χ1) is 7.66. The normalized spacial score (nSPS) is 19.8. The molecular weight excluding hydrogens is 232 g/mol. The summed E-state index contributed by atoms with van der Waals surface area (Å²) in [5, 5.41) is 11.6. The molecule has 0 aromatic heterocycles. The van der Waals surface area contributed by atoms with Crippen LogP contribution >= 0.6 is 11.8 Å². The van der Waals surface area contributed by atoms with Crippen molar-refractivity contribution < 1.29 is 19.4 Å². The Bertz CT molecular complexity index is 262. The first-order valence-corrected chi connectivity index (χ1v) is 6.16. The minimum atomic E-state index is -0.947. The lowest BCUT2D eigenvalue weighted by atomic mass is 10.3. The van der Waals surface area contributed by atoms with E-state index in [1.54, 1.807) is 7.11 Å². The van der Waals surface area contributed by atoms with Crippen molar-refractivity contribution in [3.63, 3.8) is 0 Å². The third kappa shape index (κ3) is 3.57. The average Bonchev–Trinajstić information content (AvgIpc) is 2.73. The fourth-order valence-corrected chi connectivity index (χ4v) is 2.51. The van der Waals surface area contributed by atoms with Crippen LogP contribution in [-0.4, -0.2) is 59.9 Å². The van der Waals surface area contributed by atoms with Gasteiger partial charge < -0.3 is 20.1 Å². The van der Waals surface area contributed by atoms with E-state index in [0.717, 1.165) is 6.42 Å². The maximum atomic E-state index is 11.6. The highest BCUT2D eigenvalue weighted by Gasteiger charge is 2.34.